The normalized spacial score (nSPS) is 24.4. The lowest BCUT2D eigenvalue weighted by atomic mass is 10.2. The van der Waals surface area contributed by atoms with Gasteiger partial charge in [0.15, 0.2) is 5.96 Å². The predicted molar refractivity (Wildman–Crippen MR) is 94.5 cm³/mol. The summed E-state index contributed by atoms with van der Waals surface area (Å²) in [6.45, 7) is 7.73. The van der Waals surface area contributed by atoms with Crippen LogP contribution in [0.15, 0.2) is 4.99 Å². The third-order valence-corrected chi connectivity index (χ3v) is 5.34. The van der Waals surface area contributed by atoms with Crippen molar-refractivity contribution in [3.63, 3.8) is 0 Å². The van der Waals surface area contributed by atoms with E-state index >= 15 is 0 Å². The molecule has 0 spiro atoms. The fourth-order valence-corrected chi connectivity index (χ4v) is 3.86. The topological polar surface area (TPSA) is 42.9 Å². The molecule has 0 aromatic carbocycles. The number of hydrogen-bond acceptors (Lipinski definition) is 3. The zero-order chi connectivity index (χ0) is 15.8. The Bertz CT molecular complexity index is 338. The molecule has 0 aromatic rings. The Balaban J connectivity index is 1.62. The van der Waals surface area contributed by atoms with Crippen LogP contribution in [-0.2, 0) is 0 Å². The SMILES string of the molecule is CCN1CCCC1CNC(=NC)NCCN(C)C1CCCC1. The van der Waals surface area contributed by atoms with E-state index in [1.165, 1.54) is 45.1 Å². The summed E-state index contributed by atoms with van der Waals surface area (Å²) in [4.78, 5) is 9.42. The number of hydrogen-bond donors (Lipinski definition) is 2. The summed E-state index contributed by atoms with van der Waals surface area (Å²) in [7, 11) is 4.12. The van der Waals surface area contributed by atoms with Crippen molar-refractivity contribution in [2.75, 3.05) is 46.8 Å². The minimum absolute atomic E-state index is 0.671. The van der Waals surface area contributed by atoms with Crippen molar-refractivity contribution in [3.8, 4) is 0 Å². The van der Waals surface area contributed by atoms with Gasteiger partial charge in [-0.1, -0.05) is 19.8 Å². The van der Waals surface area contributed by atoms with Gasteiger partial charge in [0, 0.05) is 38.8 Å². The van der Waals surface area contributed by atoms with Crippen molar-refractivity contribution in [3.05, 3.63) is 0 Å². The van der Waals surface area contributed by atoms with E-state index in [0.717, 1.165) is 38.2 Å². The molecule has 1 saturated carbocycles. The first-order chi connectivity index (χ1) is 10.7. The van der Waals surface area contributed by atoms with Gasteiger partial charge in [-0.25, -0.2) is 0 Å². The van der Waals surface area contributed by atoms with Gasteiger partial charge in [0.05, 0.1) is 0 Å². The first kappa shape index (κ1) is 17.5. The average molecular weight is 310 g/mol. The van der Waals surface area contributed by atoms with Crippen LogP contribution in [0.25, 0.3) is 0 Å². The second-order valence-corrected chi connectivity index (χ2v) is 6.72. The van der Waals surface area contributed by atoms with Gasteiger partial charge in [-0.2, -0.15) is 0 Å². The molecule has 22 heavy (non-hydrogen) atoms. The van der Waals surface area contributed by atoms with Crippen molar-refractivity contribution in [2.24, 2.45) is 4.99 Å². The quantitative estimate of drug-likeness (QED) is 0.553. The molecular weight excluding hydrogens is 274 g/mol. The maximum absolute atomic E-state index is 4.35. The number of aliphatic imine (C=N–C) groups is 1. The molecule has 2 fully saturated rings. The van der Waals surface area contributed by atoms with Gasteiger partial charge >= 0.3 is 0 Å². The molecular formula is C17H35N5. The van der Waals surface area contributed by atoms with Crippen molar-refractivity contribution in [1.29, 1.82) is 0 Å². The van der Waals surface area contributed by atoms with Crippen LogP contribution in [0.4, 0.5) is 0 Å². The molecule has 0 aromatic heterocycles. The van der Waals surface area contributed by atoms with Crippen molar-refractivity contribution < 1.29 is 0 Å². The third kappa shape index (κ3) is 5.13. The highest BCUT2D eigenvalue weighted by molar-refractivity contribution is 5.79. The van der Waals surface area contributed by atoms with Crippen LogP contribution in [0.2, 0.25) is 0 Å². The Morgan fingerprint density at radius 3 is 2.64 bits per heavy atom. The Labute approximate surface area is 136 Å². The van der Waals surface area contributed by atoms with Crippen LogP contribution in [-0.4, -0.2) is 74.7 Å². The van der Waals surface area contributed by atoms with Crippen molar-refractivity contribution in [1.82, 2.24) is 20.4 Å². The van der Waals surface area contributed by atoms with Gasteiger partial charge < -0.3 is 15.5 Å². The van der Waals surface area contributed by atoms with Crippen LogP contribution in [0.1, 0.15) is 45.4 Å². The summed E-state index contributed by atoms with van der Waals surface area (Å²) in [5.41, 5.74) is 0. The van der Waals surface area contributed by atoms with Crippen LogP contribution in [0.3, 0.4) is 0 Å². The van der Waals surface area contributed by atoms with Crippen LogP contribution < -0.4 is 10.6 Å². The van der Waals surface area contributed by atoms with E-state index in [9.17, 15) is 0 Å². The van der Waals surface area contributed by atoms with Gasteiger partial charge in [-0.05, 0) is 45.8 Å². The van der Waals surface area contributed by atoms with E-state index in [0.29, 0.717) is 6.04 Å². The van der Waals surface area contributed by atoms with E-state index in [1.54, 1.807) is 0 Å². The summed E-state index contributed by atoms with van der Waals surface area (Å²) in [5, 5.41) is 6.96. The smallest absolute Gasteiger partial charge is 0.191 e. The van der Waals surface area contributed by atoms with Gasteiger partial charge in [0.2, 0.25) is 0 Å². The summed E-state index contributed by atoms with van der Waals surface area (Å²) in [6, 6.07) is 1.47. The van der Waals surface area contributed by atoms with Gasteiger partial charge in [0.1, 0.15) is 0 Å². The molecule has 1 unspecified atom stereocenters. The highest BCUT2D eigenvalue weighted by Crippen LogP contribution is 2.21. The Morgan fingerprint density at radius 2 is 1.95 bits per heavy atom. The van der Waals surface area contributed by atoms with E-state index in [4.69, 9.17) is 0 Å². The summed E-state index contributed by atoms with van der Waals surface area (Å²) in [5.74, 6) is 0.947. The predicted octanol–water partition coefficient (Wildman–Crippen LogP) is 1.51. The second-order valence-electron chi connectivity index (χ2n) is 6.72. The summed E-state index contributed by atoms with van der Waals surface area (Å²) >= 11 is 0. The van der Waals surface area contributed by atoms with Gasteiger partial charge in [-0.15, -0.1) is 0 Å². The number of guanidine groups is 1. The third-order valence-electron chi connectivity index (χ3n) is 5.34. The number of likely N-dealkylation sites (tertiary alicyclic amines) is 1. The maximum Gasteiger partial charge on any atom is 0.191 e. The van der Waals surface area contributed by atoms with E-state index in [-0.39, 0.29) is 0 Å². The fourth-order valence-electron chi connectivity index (χ4n) is 3.86. The summed E-state index contributed by atoms with van der Waals surface area (Å²) in [6.07, 6.45) is 8.19. The lowest BCUT2D eigenvalue weighted by molar-refractivity contribution is 0.248. The number of nitrogens with zero attached hydrogens (tertiary/aromatic N) is 3. The molecule has 1 aliphatic heterocycles. The highest BCUT2D eigenvalue weighted by atomic mass is 15.2. The molecule has 2 aliphatic rings. The molecule has 2 rings (SSSR count). The minimum atomic E-state index is 0.671. The van der Waals surface area contributed by atoms with E-state index in [2.05, 4.69) is 39.4 Å². The van der Waals surface area contributed by atoms with Crippen molar-refractivity contribution in [2.45, 2.75) is 57.5 Å². The van der Waals surface area contributed by atoms with Crippen LogP contribution in [0.5, 0.6) is 0 Å². The Kier molecular flexibility index (Phi) is 7.46. The standard InChI is InChI=1S/C17H35N5/c1-4-22-12-7-10-16(22)14-20-17(18-2)19-11-13-21(3)15-8-5-6-9-15/h15-16H,4-14H2,1-3H3,(H2,18,19,20). The molecule has 5 nitrogen and oxygen atoms in total. The molecule has 1 heterocycles. The molecule has 1 aliphatic carbocycles. The molecule has 2 N–H and O–H groups in total. The molecule has 1 saturated heterocycles. The minimum Gasteiger partial charge on any atom is -0.355 e. The monoisotopic (exact) mass is 309 g/mol. The largest absolute Gasteiger partial charge is 0.355 e. The molecule has 5 heteroatoms. The Hall–Kier alpha value is -0.810. The van der Waals surface area contributed by atoms with E-state index < -0.39 is 0 Å². The van der Waals surface area contributed by atoms with E-state index in [1.807, 2.05) is 7.05 Å². The maximum atomic E-state index is 4.35. The first-order valence-corrected chi connectivity index (χ1v) is 9.13. The number of likely N-dealkylation sites (N-methyl/N-ethyl adjacent to an activating group) is 2. The fraction of sp³-hybridized carbons (Fsp3) is 0.941. The zero-order valence-electron chi connectivity index (χ0n) is 14.8. The lowest BCUT2D eigenvalue weighted by Crippen LogP contribution is -2.46. The molecule has 0 bridgehead atoms. The lowest BCUT2D eigenvalue weighted by Gasteiger charge is -2.26. The number of nitrogens with one attached hydrogen (secondary N) is 2. The molecule has 0 radical (unpaired) electrons. The molecule has 1 atom stereocenters. The van der Waals surface area contributed by atoms with Crippen molar-refractivity contribution >= 4 is 5.96 Å². The van der Waals surface area contributed by atoms with Gasteiger partial charge in [0.25, 0.3) is 0 Å². The average Bonchev–Trinajstić information content (AvgIpc) is 3.21. The van der Waals surface area contributed by atoms with Gasteiger partial charge in [-0.3, -0.25) is 9.89 Å². The number of rotatable bonds is 7. The highest BCUT2D eigenvalue weighted by Gasteiger charge is 2.23. The van der Waals surface area contributed by atoms with Crippen LogP contribution in [0, 0.1) is 0 Å². The second kappa shape index (κ2) is 9.36. The zero-order valence-corrected chi connectivity index (χ0v) is 14.8. The van der Waals surface area contributed by atoms with Crippen LogP contribution >= 0.6 is 0 Å². The summed E-state index contributed by atoms with van der Waals surface area (Å²) < 4.78 is 0. The first-order valence-electron chi connectivity index (χ1n) is 9.13. The molecule has 128 valence electrons. The Morgan fingerprint density at radius 1 is 1.18 bits per heavy atom. The molecule has 0 amide bonds.